The van der Waals surface area contributed by atoms with Crippen molar-refractivity contribution in [2.24, 2.45) is 0 Å². The van der Waals surface area contributed by atoms with E-state index in [-0.39, 0.29) is 33.5 Å². The first kappa shape index (κ1) is 14.3. The van der Waals surface area contributed by atoms with E-state index in [0.717, 1.165) is 32.7 Å². The van der Waals surface area contributed by atoms with E-state index in [9.17, 15) is 2.74 Å². The lowest BCUT2D eigenvalue weighted by atomic mass is 9.84. The third-order valence-corrected chi connectivity index (χ3v) is 7.37. The molecule has 8 rings (SSSR count). The van der Waals surface area contributed by atoms with E-state index in [1.54, 1.807) is 0 Å². The van der Waals surface area contributed by atoms with Crippen molar-refractivity contribution in [2.45, 2.75) is 0 Å². The summed E-state index contributed by atoms with van der Waals surface area (Å²) in [6.07, 6.45) is 0. The van der Waals surface area contributed by atoms with Crippen LogP contribution in [0.2, 0.25) is 0 Å². The SMILES string of the molecule is [2H]c1c([2H])c(-c2c([2H])c([2H])c3c([2H])c([2H])c([2H])c([2H])c3c2[2H])c([2H])c(-c2c3ccccc3c(-c3cccc4ccccc34)c3ccccc23)c1[2H]. The molecular weight excluding hydrogens is 480 g/mol. The summed E-state index contributed by atoms with van der Waals surface area (Å²) in [6, 6.07) is 23.5. The van der Waals surface area contributed by atoms with Gasteiger partial charge in [-0.3, -0.25) is 0 Å². The number of benzene rings is 8. The van der Waals surface area contributed by atoms with Gasteiger partial charge in [0.05, 0.1) is 15.1 Å². The van der Waals surface area contributed by atoms with Crippen molar-refractivity contribution in [2.75, 3.05) is 0 Å². The Morgan fingerprint density at radius 2 is 0.925 bits per heavy atom. The summed E-state index contributed by atoms with van der Waals surface area (Å²) < 4.78 is 96.9. The maximum absolute atomic E-state index is 9.62. The van der Waals surface area contributed by atoms with E-state index in [2.05, 4.69) is 24.3 Å². The van der Waals surface area contributed by atoms with Crippen LogP contribution in [-0.2, 0) is 0 Å². The fraction of sp³-hybridized carbons (Fsp3) is 0. The summed E-state index contributed by atoms with van der Waals surface area (Å²) in [5, 5.41) is 4.55. The summed E-state index contributed by atoms with van der Waals surface area (Å²) in [7, 11) is 0. The Balaban J connectivity index is 1.54. The molecule has 8 aromatic rings. The second-order valence-electron chi connectivity index (χ2n) is 9.62. The van der Waals surface area contributed by atoms with Gasteiger partial charge in [0.15, 0.2) is 0 Å². The molecule has 0 aliphatic carbocycles. The number of rotatable bonds is 3. The number of fused-ring (bicyclic) bond motifs is 4. The van der Waals surface area contributed by atoms with Gasteiger partial charge in [0.1, 0.15) is 0 Å². The third-order valence-electron chi connectivity index (χ3n) is 7.37. The molecule has 0 atom stereocenters. The van der Waals surface area contributed by atoms with E-state index in [1.165, 1.54) is 0 Å². The molecule has 40 heavy (non-hydrogen) atoms. The largest absolute Gasteiger partial charge is 0.0636 e. The topological polar surface area (TPSA) is 0 Å². The van der Waals surface area contributed by atoms with Gasteiger partial charge in [0.2, 0.25) is 0 Å². The predicted molar refractivity (Wildman–Crippen MR) is 173 cm³/mol. The summed E-state index contributed by atoms with van der Waals surface area (Å²) in [6.45, 7) is 0. The lowest BCUT2D eigenvalue weighted by molar-refractivity contribution is 1.63. The van der Waals surface area contributed by atoms with Crippen LogP contribution in [0.25, 0.3) is 76.5 Å². The molecule has 0 aliphatic rings. The van der Waals surface area contributed by atoms with Crippen molar-refractivity contribution in [3.8, 4) is 33.4 Å². The quantitative estimate of drug-likeness (QED) is 0.204. The second kappa shape index (κ2) is 9.22. The van der Waals surface area contributed by atoms with Crippen molar-refractivity contribution in [1.29, 1.82) is 0 Å². The zero-order valence-corrected chi connectivity index (χ0v) is 21.2. The molecule has 8 aromatic carbocycles. The van der Waals surface area contributed by atoms with Crippen LogP contribution in [0, 0.1) is 0 Å². The molecule has 186 valence electrons. The average Bonchev–Trinajstić information content (AvgIpc) is 3.14. The van der Waals surface area contributed by atoms with Gasteiger partial charge in [-0.15, -0.1) is 0 Å². The standard InChI is InChI=1S/C40H26/c1-2-13-29-25-31(24-23-27(29)11-1)30-15-9-16-32(26-30)39-35-18-5-7-20-37(35)40(38-21-8-6-19-36(38)39)34-22-10-14-28-12-3-4-17-33(28)34/h1-26H/i1D,2D,9D,11D,13D,15D,16D,23D,24D,25D,26D. The monoisotopic (exact) mass is 517 g/mol. The minimum atomic E-state index is -0.617. The van der Waals surface area contributed by atoms with E-state index < -0.39 is 60.4 Å². The van der Waals surface area contributed by atoms with Gasteiger partial charge < -0.3 is 0 Å². The van der Waals surface area contributed by atoms with Gasteiger partial charge in [0, 0.05) is 0 Å². The van der Waals surface area contributed by atoms with E-state index in [0.29, 0.717) is 16.3 Å². The lowest BCUT2D eigenvalue weighted by Gasteiger charge is -2.19. The zero-order valence-electron chi connectivity index (χ0n) is 32.2. The van der Waals surface area contributed by atoms with Gasteiger partial charge in [-0.25, -0.2) is 0 Å². The Kier molecular flexibility index (Phi) is 3.29. The van der Waals surface area contributed by atoms with E-state index in [4.69, 9.17) is 12.3 Å². The van der Waals surface area contributed by atoms with Crippen molar-refractivity contribution in [3.63, 3.8) is 0 Å². The molecule has 0 spiro atoms. The first-order valence-electron chi connectivity index (χ1n) is 18.5. The van der Waals surface area contributed by atoms with Crippen molar-refractivity contribution in [3.05, 3.63) is 157 Å². The Morgan fingerprint density at radius 1 is 0.350 bits per heavy atom. The molecule has 0 saturated heterocycles. The second-order valence-corrected chi connectivity index (χ2v) is 9.62. The molecule has 0 fully saturated rings. The van der Waals surface area contributed by atoms with Gasteiger partial charge in [-0.2, -0.15) is 0 Å². The summed E-state index contributed by atoms with van der Waals surface area (Å²) in [4.78, 5) is 0. The molecule has 0 aromatic heterocycles. The van der Waals surface area contributed by atoms with Crippen LogP contribution in [0.1, 0.15) is 15.1 Å². The van der Waals surface area contributed by atoms with Crippen LogP contribution in [0.5, 0.6) is 0 Å². The Morgan fingerprint density at radius 3 is 1.68 bits per heavy atom. The Labute approximate surface area is 249 Å². The van der Waals surface area contributed by atoms with Gasteiger partial charge >= 0.3 is 0 Å². The summed E-state index contributed by atoms with van der Waals surface area (Å²) in [5.41, 5.74) is 1.74. The highest BCUT2D eigenvalue weighted by atomic mass is 14.2. The van der Waals surface area contributed by atoms with Gasteiger partial charge in [-0.05, 0) is 88.6 Å². The fourth-order valence-corrected chi connectivity index (χ4v) is 5.63. The maximum atomic E-state index is 9.62. The van der Waals surface area contributed by atoms with Crippen LogP contribution in [0.4, 0.5) is 0 Å². The lowest BCUT2D eigenvalue weighted by Crippen LogP contribution is -1.92. The molecule has 0 heterocycles. The van der Waals surface area contributed by atoms with Crippen molar-refractivity contribution < 1.29 is 15.1 Å². The Hall–Kier alpha value is -5.20. The molecule has 0 radical (unpaired) electrons. The normalized spacial score (nSPS) is 15.3. The smallest absolute Gasteiger partial charge is 0.0616 e. The summed E-state index contributed by atoms with van der Waals surface area (Å²) in [5.74, 6) is 0. The predicted octanol–water partition coefficient (Wildman–Crippen LogP) is 11.3. The molecule has 0 saturated carbocycles. The molecule has 0 N–H and O–H groups in total. The van der Waals surface area contributed by atoms with Crippen LogP contribution >= 0.6 is 0 Å². The average molecular weight is 518 g/mol. The van der Waals surface area contributed by atoms with E-state index >= 15 is 0 Å². The summed E-state index contributed by atoms with van der Waals surface area (Å²) >= 11 is 0. The highest BCUT2D eigenvalue weighted by molar-refractivity contribution is 6.23. The zero-order chi connectivity index (χ0) is 36.0. The maximum Gasteiger partial charge on any atom is 0.0636 e. The minimum absolute atomic E-state index is 0.0169. The van der Waals surface area contributed by atoms with E-state index in [1.807, 2.05) is 66.7 Å². The first-order valence-corrected chi connectivity index (χ1v) is 13.0. The number of hydrogen-bond donors (Lipinski definition) is 0. The highest BCUT2D eigenvalue weighted by Gasteiger charge is 2.18. The molecule has 0 nitrogen and oxygen atoms in total. The van der Waals surface area contributed by atoms with Crippen LogP contribution in [-0.4, -0.2) is 0 Å². The fourth-order valence-electron chi connectivity index (χ4n) is 5.63. The van der Waals surface area contributed by atoms with Crippen molar-refractivity contribution in [1.82, 2.24) is 0 Å². The van der Waals surface area contributed by atoms with Crippen LogP contribution in [0.3, 0.4) is 0 Å². The molecule has 0 heteroatoms. The van der Waals surface area contributed by atoms with Crippen LogP contribution < -0.4 is 0 Å². The first-order chi connectivity index (χ1) is 24.5. The Bertz CT molecular complexity index is 2760. The van der Waals surface area contributed by atoms with Gasteiger partial charge in [-0.1, -0.05) is 145 Å². The molecule has 0 aliphatic heterocycles. The van der Waals surface area contributed by atoms with Gasteiger partial charge in [0.25, 0.3) is 0 Å². The molecular formula is C40H26. The highest BCUT2D eigenvalue weighted by Crippen LogP contribution is 2.45. The van der Waals surface area contributed by atoms with Crippen molar-refractivity contribution >= 4 is 43.1 Å². The molecule has 0 amide bonds. The minimum Gasteiger partial charge on any atom is -0.0616 e. The number of hydrogen-bond acceptors (Lipinski definition) is 0. The molecule has 0 bridgehead atoms. The van der Waals surface area contributed by atoms with Crippen LogP contribution in [0.15, 0.2) is 157 Å². The molecule has 0 unspecified atom stereocenters. The third kappa shape index (κ3) is 3.61.